The highest BCUT2D eigenvalue weighted by atomic mass is 19.3. The summed E-state index contributed by atoms with van der Waals surface area (Å²) in [6.07, 6.45) is 1.45. The molecule has 48 heavy (non-hydrogen) atoms. The Bertz CT molecular complexity index is 1560. The molecule has 2 fully saturated rings. The van der Waals surface area contributed by atoms with Crippen molar-refractivity contribution in [1.29, 1.82) is 0 Å². The molecule has 0 bridgehead atoms. The van der Waals surface area contributed by atoms with E-state index in [0.717, 1.165) is 29.5 Å². The number of halogens is 2. The van der Waals surface area contributed by atoms with Gasteiger partial charge in [0, 0.05) is 38.2 Å². The lowest BCUT2D eigenvalue weighted by molar-refractivity contribution is -0.237. The van der Waals surface area contributed by atoms with Gasteiger partial charge in [0.15, 0.2) is 23.8 Å². The maximum absolute atomic E-state index is 13.2. The van der Waals surface area contributed by atoms with Crippen molar-refractivity contribution in [3.8, 4) is 17.4 Å². The average Bonchev–Trinajstić information content (AvgIpc) is 3.83. The van der Waals surface area contributed by atoms with E-state index in [0.29, 0.717) is 12.1 Å². The minimum Gasteiger partial charge on any atom is -0.487 e. The summed E-state index contributed by atoms with van der Waals surface area (Å²) in [6.45, 7) is 2.74. The number of carbonyl (C=O) groups excluding carboxylic acids is 2. The first-order valence-corrected chi connectivity index (χ1v) is 15.6. The van der Waals surface area contributed by atoms with Crippen LogP contribution in [-0.4, -0.2) is 64.5 Å². The van der Waals surface area contributed by atoms with Gasteiger partial charge in [0.05, 0.1) is 18.2 Å². The Morgan fingerprint density at radius 2 is 1.71 bits per heavy atom. The maximum Gasteiger partial charge on any atom is 0.387 e. The molecule has 0 amide bonds. The fraction of sp³-hybridized carbons (Fsp3) is 0.471. The van der Waals surface area contributed by atoms with Gasteiger partial charge in [-0.25, -0.2) is 4.98 Å². The number of aromatic nitrogens is 2. The fourth-order valence-electron chi connectivity index (χ4n) is 5.35. The van der Waals surface area contributed by atoms with Crippen molar-refractivity contribution in [3.05, 3.63) is 77.2 Å². The molecule has 0 spiro atoms. The first kappa shape index (κ1) is 34.9. The number of ether oxygens (including phenoxy) is 6. The van der Waals surface area contributed by atoms with E-state index >= 15 is 0 Å². The first-order chi connectivity index (χ1) is 22.7. The van der Waals surface area contributed by atoms with Crippen LogP contribution in [0.25, 0.3) is 0 Å². The Balaban J connectivity index is 1.37. The third-order valence-corrected chi connectivity index (χ3v) is 7.75. The van der Waals surface area contributed by atoms with Gasteiger partial charge in [-0.1, -0.05) is 18.2 Å². The van der Waals surface area contributed by atoms with Gasteiger partial charge in [0.25, 0.3) is 0 Å². The van der Waals surface area contributed by atoms with E-state index in [1.54, 1.807) is 50.5 Å². The third kappa shape index (κ3) is 9.36. The molecule has 5 atom stereocenters. The molecule has 2 aliphatic rings. The van der Waals surface area contributed by atoms with Crippen molar-refractivity contribution >= 4 is 11.9 Å². The summed E-state index contributed by atoms with van der Waals surface area (Å²) < 4.78 is 59.1. The number of nitrogens with two attached hydrogens (primary N) is 1. The number of hydrogen-bond donors (Lipinski definition) is 2. The topological polar surface area (TPSA) is 162 Å². The summed E-state index contributed by atoms with van der Waals surface area (Å²) in [7, 11) is 0. The molecule has 3 aromatic rings. The van der Waals surface area contributed by atoms with Crippen LogP contribution < -0.4 is 19.9 Å². The van der Waals surface area contributed by atoms with Crippen LogP contribution in [0.1, 0.15) is 75.3 Å². The second-order valence-electron chi connectivity index (χ2n) is 12.3. The molecule has 12 nitrogen and oxygen atoms in total. The summed E-state index contributed by atoms with van der Waals surface area (Å²) in [5.41, 5.74) is 7.82. The molecule has 5 rings (SSSR count). The number of rotatable bonds is 13. The predicted molar refractivity (Wildman–Crippen MR) is 165 cm³/mol. The van der Waals surface area contributed by atoms with Crippen LogP contribution >= 0.6 is 0 Å². The maximum atomic E-state index is 13.2. The van der Waals surface area contributed by atoms with Gasteiger partial charge in [-0.2, -0.15) is 8.78 Å². The van der Waals surface area contributed by atoms with E-state index in [1.165, 1.54) is 19.9 Å². The smallest absolute Gasteiger partial charge is 0.387 e. The van der Waals surface area contributed by atoms with Crippen molar-refractivity contribution in [2.45, 2.75) is 102 Å². The van der Waals surface area contributed by atoms with E-state index in [2.05, 4.69) is 9.97 Å². The van der Waals surface area contributed by atoms with Crippen LogP contribution in [0.2, 0.25) is 0 Å². The molecule has 4 unspecified atom stereocenters. The van der Waals surface area contributed by atoms with E-state index in [9.17, 15) is 23.5 Å². The summed E-state index contributed by atoms with van der Waals surface area (Å²) in [5, 5.41) is 10.4. The van der Waals surface area contributed by atoms with Crippen LogP contribution in [0.5, 0.6) is 17.4 Å². The van der Waals surface area contributed by atoms with Crippen LogP contribution in [0.3, 0.4) is 0 Å². The molecule has 3 N–H and O–H groups in total. The number of alkyl halides is 2. The van der Waals surface area contributed by atoms with Crippen LogP contribution in [0, 0.1) is 0 Å². The molecule has 1 saturated carbocycles. The highest BCUT2D eigenvalue weighted by molar-refractivity contribution is 5.67. The molecule has 0 radical (unpaired) electrons. The zero-order valence-electron chi connectivity index (χ0n) is 27.0. The zero-order valence-corrected chi connectivity index (χ0v) is 27.0. The van der Waals surface area contributed by atoms with E-state index in [4.69, 9.17) is 34.2 Å². The van der Waals surface area contributed by atoms with Gasteiger partial charge in [0.2, 0.25) is 12.2 Å². The monoisotopic (exact) mass is 671 g/mol. The zero-order chi connectivity index (χ0) is 34.6. The number of nitrogens with zero attached hydrogens (tertiary/aromatic N) is 2. The van der Waals surface area contributed by atoms with Crippen LogP contribution in [0.15, 0.2) is 54.9 Å². The first-order valence-electron chi connectivity index (χ1n) is 15.6. The van der Waals surface area contributed by atoms with Gasteiger partial charge in [0.1, 0.15) is 11.7 Å². The lowest BCUT2D eigenvalue weighted by Gasteiger charge is -2.38. The third-order valence-electron chi connectivity index (χ3n) is 7.75. The van der Waals surface area contributed by atoms with E-state index < -0.39 is 48.9 Å². The van der Waals surface area contributed by atoms with Crippen molar-refractivity contribution in [2.24, 2.45) is 5.73 Å². The largest absolute Gasteiger partial charge is 0.487 e. The number of aliphatic hydroxyl groups is 1. The normalized spacial score (nSPS) is 21.7. The Morgan fingerprint density at radius 1 is 0.979 bits per heavy atom. The molecule has 2 aromatic heterocycles. The van der Waals surface area contributed by atoms with Crippen molar-refractivity contribution in [3.63, 3.8) is 0 Å². The number of pyridine rings is 2. The van der Waals surface area contributed by atoms with Gasteiger partial charge in [-0.3, -0.25) is 14.6 Å². The van der Waals surface area contributed by atoms with Crippen LogP contribution in [-0.2, 0) is 35.8 Å². The van der Waals surface area contributed by atoms with E-state index in [-0.39, 0.29) is 35.8 Å². The standard InChI is InChI=1S/C34H39F2N3O9/c1-18(40)43-27-15-30(48-32(37)31(27)44-19(2)41)47-29-12-5-20(16-39-29)13-24(22-7-11-28(38-17-22)34(3,4)42)21-6-10-25(46-33(35)36)26(14-21)45-23-8-9-23/h5-7,10-12,14,16-17,23-24,27,30-33,42H,8-9,13,15,37H2,1-4H3/t24-,27?,30?,31?,32?/m0/s1. The molecule has 3 heterocycles. The second-order valence-corrected chi connectivity index (χ2v) is 12.3. The number of esters is 2. The average molecular weight is 672 g/mol. The lowest BCUT2D eigenvalue weighted by Crippen LogP contribution is -2.56. The highest BCUT2D eigenvalue weighted by Gasteiger charge is 2.42. The molecule has 258 valence electrons. The van der Waals surface area contributed by atoms with Gasteiger partial charge in [-0.05, 0) is 68.0 Å². The quantitative estimate of drug-likeness (QED) is 0.245. The van der Waals surface area contributed by atoms with Gasteiger partial charge >= 0.3 is 18.6 Å². The molecular formula is C34H39F2N3O9. The Kier molecular flexibility index (Phi) is 10.8. The van der Waals surface area contributed by atoms with Crippen LogP contribution in [0.4, 0.5) is 8.78 Å². The highest BCUT2D eigenvalue weighted by Crippen LogP contribution is 2.39. The fourth-order valence-corrected chi connectivity index (χ4v) is 5.35. The van der Waals surface area contributed by atoms with Gasteiger partial charge < -0.3 is 39.3 Å². The predicted octanol–water partition coefficient (Wildman–Crippen LogP) is 4.49. The molecule has 14 heteroatoms. The Hall–Kier alpha value is -4.40. The summed E-state index contributed by atoms with van der Waals surface area (Å²) in [6, 6.07) is 12.0. The van der Waals surface area contributed by atoms with E-state index in [1.807, 2.05) is 12.1 Å². The number of carbonyl (C=O) groups is 2. The molecule has 1 aromatic carbocycles. The van der Waals surface area contributed by atoms with Gasteiger partial charge in [-0.15, -0.1) is 0 Å². The van der Waals surface area contributed by atoms with Crippen molar-refractivity contribution in [1.82, 2.24) is 9.97 Å². The molecule has 1 aliphatic heterocycles. The summed E-state index contributed by atoms with van der Waals surface area (Å²) >= 11 is 0. The SMILES string of the molecule is CC(=O)OC1CC(Oc2ccc(C[C@H](c3ccc(C(C)(C)O)nc3)c3ccc(OC(F)F)c(OC4CC4)c3)cn2)OC(N)C1OC(C)=O. The second kappa shape index (κ2) is 14.8. The molecule has 1 aliphatic carbocycles. The molecular weight excluding hydrogens is 632 g/mol. The number of benzene rings is 1. The summed E-state index contributed by atoms with van der Waals surface area (Å²) in [5.74, 6) is -1.08. The number of hydrogen-bond acceptors (Lipinski definition) is 12. The lowest BCUT2D eigenvalue weighted by atomic mass is 9.86. The Labute approximate surface area is 276 Å². The minimum absolute atomic E-state index is 0.0426. The molecule has 1 saturated heterocycles. The van der Waals surface area contributed by atoms with Crippen molar-refractivity contribution in [2.75, 3.05) is 0 Å². The minimum atomic E-state index is -3.00. The van der Waals surface area contributed by atoms with Crippen molar-refractivity contribution < 1.29 is 51.9 Å². The summed E-state index contributed by atoms with van der Waals surface area (Å²) in [4.78, 5) is 32.1. The Morgan fingerprint density at radius 3 is 2.29 bits per heavy atom.